The average molecular weight is 481 g/mol. The van der Waals surface area contributed by atoms with Crippen molar-refractivity contribution in [2.24, 2.45) is 11.8 Å². The van der Waals surface area contributed by atoms with Crippen LogP contribution in [0.25, 0.3) is 0 Å². The van der Waals surface area contributed by atoms with Crippen LogP contribution in [-0.2, 0) is 27.3 Å². The fourth-order valence-corrected chi connectivity index (χ4v) is 5.95. The number of carbonyl (C=O) groups is 2. The Morgan fingerprint density at radius 2 is 1.84 bits per heavy atom. The van der Waals surface area contributed by atoms with E-state index in [1.54, 1.807) is 0 Å². The number of halogens is 2. The van der Waals surface area contributed by atoms with E-state index in [1.165, 1.54) is 12.8 Å². The summed E-state index contributed by atoms with van der Waals surface area (Å²) in [5, 5.41) is 1.25. The largest absolute Gasteiger partial charge is 0.381 e. The molecule has 0 radical (unpaired) electrons. The average Bonchev–Trinajstić information content (AvgIpc) is 3.45. The van der Waals surface area contributed by atoms with Gasteiger partial charge in [0.05, 0.1) is 0 Å². The molecule has 2 aliphatic heterocycles. The number of carbonyl (C=O) groups excluding carboxylic acids is 2. The lowest BCUT2D eigenvalue weighted by atomic mass is 9.97. The van der Waals surface area contributed by atoms with E-state index in [-0.39, 0.29) is 17.7 Å². The molecule has 1 unspecified atom stereocenters. The van der Waals surface area contributed by atoms with Crippen molar-refractivity contribution in [3.05, 3.63) is 33.3 Å². The molecule has 0 bridgehead atoms. The molecule has 1 aromatic carbocycles. The third-order valence-corrected chi connectivity index (χ3v) is 7.91. The molecule has 3 aliphatic rings. The number of amides is 1. The first kappa shape index (κ1) is 24.0. The molecule has 0 spiro atoms. The standard InChI is InChI=1S/C25H34Cl2N2O3/c1-17-14-28(7-8-29(17)25(31)19-4-2-3-5-19)15-21-12-22(26)11-20(24(21)27)13-23(30)10-18-6-9-32-16-18/h11-12,17-19H,2-10,13-16H2,1H3/t17-,18?/m0/s1. The minimum absolute atomic E-state index is 0.184. The van der Waals surface area contributed by atoms with Crippen LogP contribution in [0.1, 0.15) is 56.6 Å². The lowest BCUT2D eigenvalue weighted by molar-refractivity contribution is -0.140. The molecule has 3 fully saturated rings. The second kappa shape index (κ2) is 10.9. The number of nitrogens with zero attached hydrogens (tertiary/aromatic N) is 2. The fraction of sp³-hybridized carbons (Fsp3) is 0.680. The SMILES string of the molecule is C[C@H]1CN(Cc2cc(Cl)cc(CC(=O)CC3CCOC3)c2Cl)CCN1C(=O)C1CCCC1. The van der Waals surface area contributed by atoms with E-state index in [0.29, 0.717) is 47.9 Å². The van der Waals surface area contributed by atoms with Gasteiger partial charge in [-0.25, -0.2) is 0 Å². The maximum Gasteiger partial charge on any atom is 0.226 e. The van der Waals surface area contributed by atoms with Gasteiger partial charge in [0.25, 0.3) is 0 Å². The van der Waals surface area contributed by atoms with Gasteiger partial charge in [-0.05, 0) is 55.4 Å². The lowest BCUT2D eigenvalue weighted by Gasteiger charge is -2.41. The molecule has 2 atom stereocenters. The second-order valence-electron chi connectivity index (χ2n) is 9.78. The molecule has 4 rings (SSSR count). The Bertz CT molecular complexity index is 835. The quantitative estimate of drug-likeness (QED) is 0.564. The summed E-state index contributed by atoms with van der Waals surface area (Å²) in [6.45, 7) is 6.62. The number of Topliss-reactive ketones (excluding diaryl/α,β-unsaturated/α-hetero) is 1. The Labute approximate surface area is 201 Å². The number of hydrogen-bond acceptors (Lipinski definition) is 4. The summed E-state index contributed by atoms with van der Waals surface area (Å²) in [6.07, 6.45) is 6.23. The van der Waals surface area contributed by atoms with Crippen molar-refractivity contribution in [1.29, 1.82) is 0 Å². The first-order valence-corrected chi connectivity index (χ1v) is 12.8. The van der Waals surface area contributed by atoms with Gasteiger partial charge in [-0.2, -0.15) is 0 Å². The zero-order valence-electron chi connectivity index (χ0n) is 19.0. The van der Waals surface area contributed by atoms with Gasteiger partial charge in [0.15, 0.2) is 0 Å². The summed E-state index contributed by atoms with van der Waals surface area (Å²) in [5.74, 6) is 1.07. The Morgan fingerprint density at radius 3 is 2.53 bits per heavy atom. The monoisotopic (exact) mass is 480 g/mol. The molecule has 32 heavy (non-hydrogen) atoms. The van der Waals surface area contributed by atoms with Crippen LogP contribution in [0.2, 0.25) is 10.0 Å². The minimum Gasteiger partial charge on any atom is -0.381 e. The highest BCUT2D eigenvalue weighted by Crippen LogP contribution is 2.31. The highest BCUT2D eigenvalue weighted by molar-refractivity contribution is 6.34. The van der Waals surface area contributed by atoms with Gasteiger partial charge in [0.2, 0.25) is 5.91 Å². The van der Waals surface area contributed by atoms with Crippen molar-refractivity contribution in [3.8, 4) is 0 Å². The van der Waals surface area contributed by atoms with Crippen molar-refractivity contribution in [1.82, 2.24) is 9.80 Å². The van der Waals surface area contributed by atoms with E-state index < -0.39 is 0 Å². The maximum absolute atomic E-state index is 12.9. The van der Waals surface area contributed by atoms with Crippen LogP contribution >= 0.6 is 23.2 Å². The Morgan fingerprint density at radius 1 is 1.09 bits per heavy atom. The number of rotatable bonds is 7. The van der Waals surface area contributed by atoms with Crippen molar-refractivity contribution >= 4 is 34.9 Å². The fourth-order valence-electron chi connectivity index (χ4n) is 5.45. The van der Waals surface area contributed by atoms with Gasteiger partial charge in [-0.3, -0.25) is 14.5 Å². The third kappa shape index (κ3) is 5.85. The van der Waals surface area contributed by atoms with Crippen molar-refractivity contribution in [2.45, 2.75) is 64.5 Å². The molecule has 176 valence electrons. The van der Waals surface area contributed by atoms with Gasteiger partial charge in [-0.15, -0.1) is 0 Å². The van der Waals surface area contributed by atoms with Crippen LogP contribution in [-0.4, -0.2) is 60.4 Å². The summed E-state index contributed by atoms with van der Waals surface area (Å²) in [4.78, 5) is 29.9. The Kier molecular flexibility index (Phi) is 8.14. The molecule has 0 aromatic heterocycles. The summed E-state index contributed by atoms with van der Waals surface area (Å²) in [7, 11) is 0. The van der Waals surface area contributed by atoms with Crippen LogP contribution in [0.15, 0.2) is 12.1 Å². The van der Waals surface area contributed by atoms with Crippen molar-refractivity contribution < 1.29 is 14.3 Å². The van der Waals surface area contributed by atoms with Gasteiger partial charge < -0.3 is 9.64 Å². The van der Waals surface area contributed by atoms with Crippen LogP contribution in [0.3, 0.4) is 0 Å². The first-order valence-electron chi connectivity index (χ1n) is 12.0. The molecular weight excluding hydrogens is 447 g/mol. The van der Waals surface area contributed by atoms with E-state index >= 15 is 0 Å². The van der Waals surface area contributed by atoms with Gasteiger partial charge >= 0.3 is 0 Å². The second-order valence-corrected chi connectivity index (χ2v) is 10.6. The predicted octanol–water partition coefficient (Wildman–Crippen LogP) is 4.75. The highest BCUT2D eigenvalue weighted by Gasteiger charge is 2.33. The minimum atomic E-state index is 0.184. The molecule has 1 aliphatic carbocycles. The van der Waals surface area contributed by atoms with E-state index in [9.17, 15) is 9.59 Å². The van der Waals surface area contributed by atoms with Crippen LogP contribution in [0.5, 0.6) is 0 Å². The van der Waals surface area contributed by atoms with E-state index in [0.717, 1.165) is 56.6 Å². The third-order valence-electron chi connectivity index (χ3n) is 7.21. The summed E-state index contributed by atoms with van der Waals surface area (Å²) in [6, 6.07) is 3.91. The number of piperazine rings is 1. The molecule has 5 nitrogen and oxygen atoms in total. The Hall–Kier alpha value is -1.14. The van der Waals surface area contributed by atoms with Crippen LogP contribution in [0.4, 0.5) is 0 Å². The van der Waals surface area contributed by atoms with E-state index in [1.807, 2.05) is 12.1 Å². The number of ether oxygens (including phenoxy) is 1. The molecule has 0 N–H and O–H groups in total. The topological polar surface area (TPSA) is 49.9 Å². The molecule has 2 heterocycles. The summed E-state index contributed by atoms with van der Waals surface area (Å²) >= 11 is 13.1. The lowest BCUT2D eigenvalue weighted by Crippen LogP contribution is -2.54. The van der Waals surface area contributed by atoms with Gasteiger partial charge in [0, 0.05) is 74.2 Å². The number of ketones is 1. The molecule has 1 aromatic rings. The van der Waals surface area contributed by atoms with Gasteiger partial charge in [-0.1, -0.05) is 36.0 Å². The smallest absolute Gasteiger partial charge is 0.226 e. The number of benzene rings is 1. The predicted molar refractivity (Wildman–Crippen MR) is 127 cm³/mol. The molecule has 7 heteroatoms. The van der Waals surface area contributed by atoms with Crippen molar-refractivity contribution in [3.63, 3.8) is 0 Å². The van der Waals surface area contributed by atoms with Crippen LogP contribution in [0, 0.1) is 11.8 Å². The van der Waals surface area contributed by atoms with Gasteiger partial charge in [0.1, 0.15) is 5.78 Å². The molecule has 2 saturated heterocycles. The van der Waals surface area contributed by atoms with E-state index in [2.05, 4.69) is 16.7 Å². The van der Waals surface area contributed by atoms with Crippen LogP contribution < -0.4 is 0 Å². The normalized spacial score (nSPS) is 24.9. The molecule has 1 saturated carbocycles. The maximum atomic E-state index is 12.9. The molecule has 1 amide bonds. The summed E-state index contributed by atoms with van der Waals surface area (Å²) in [5.41, 5.74) is 1.76. The Balaban J connectivity index is 1.36. The number of hydrogen-bond donors (Lipinski definition) is 0. The van der Waals surface area contributed by atoms with E-state index in [4.69, 9.17) is 27.9 Å². The highest BCUT2D eigenvalue weighted by atomic mass is 35.5. The summed E-state index contributed by atoms with van der Waals surface area (Å²) < 4.78 is 5.39. The molecular formula is C25H34Cl2N2O3. The zero-order chi connectivity index (χ0) is 22.7. The van der Waals surface area contributed by atoms with Crippen molar-refractivity contribution in [2.75, 3.05) is 32.8 Å². The zero-order valence-corrected chi connectivity index (χ0v) is 20.5. The first-order chi connectivity index (χ1) is 15.4.